The molecule has 0 spiro atoms. The molecule has 5 heteroatoms. The summed E-state index contributed by atoms with van der Waals surface area (Å²) in [5, 5.41) is 10.7. The lowest BCUT2D eigenvalue weighted by Gasteiger charge is -2.08. The van der Waals surface area contributed by atoms with E-state index in [2.05, 4.69) is 22.8 Å². The third-order valence-corrected chi connectivity index (χ3v) is 5.65. The van der Waals surface area contributed by atoms with Crippen LogP contribution in [0.4, 0.5) is 0 Å². The lowest BCUT2D eigenvalue weighted by molar-refractivity contribution is 0.931. The molecule has 0 bridgehead atoms. The van der Waals surface area contributed by atoms with Crippen LogP contribution in [0.3, 0.4) is 0 Å². The van der Waals surface area contributed by atoms with Gasteiger partial charge in [0.05, 0.1) is 17.3 Å². The van der Waals surface area contributed by atoms with Crippen molar-refractivity contribution in [3.8, 4) is 28.7 Å². The molecule has 1 heterocycles. The molecule has 4 rings (SSSR count). The topological polar surface area (TPSA) is 41.6 Å². The Morgan fingerprint density at radius 3 is 2.21 bits per heavy atom. The number of hydrogen-bond acceptors (Lipinski definition) is 3. The zero-order valence-corrected chi connectivity index (χ0v) is 16.7. The van der Waals surface area contributed by atoms with Crippen LogP contribution in [-0.2, 0) is 7.05 Å². The minimum atomic E-state index is 0.640. The minimum absolute atomic E-state index is 0.640. The second kappa shape index (κ2) is 7.93. The fraction of sp³-hybridized carbons (Fsp3) is 0.0435. The molecule has 0 radical (unpaired) electrons. The standard InChI is InChI=1S/C23H16ClN3S/c1-27-21(17-9-7-16(15-25)8-10-17)23(28-20-13-11-19(24)12-14-20)26-22(27)18-5-3-2-4-6-18/h2-14H,1H3. The molecule has 0 saturated carbocycles. The Hall–Kier alpha value is -3.00. The molecule has 0 aliphatic carbocycles. The Bertz CT molecular complexity index is 1140. The molecule has 3 aromatic carbocycles. The summed E-state index contributed by atoms with van der Waals surface area (Å²) in [6.07, 6.45) is 0. The van der Waals surface area contributed by atoms with Crippen LogP contribution >= 0.6 is 23.4 Å². The molecular weight excluding hydrogens is 386 g/mol. The van der Waals surface area contributed by atoms with Crippen molar-refractivity contribution in [3.05, 3.63) is 89.4 Å². The Labute approximate surface area is 173 Å². The van der Waals surface area contributed by atoms with Gasteiger partial charge in [-0.05, 0) is 36.4 Å². The number of benzene rings is 3. The molecule has 0 aliphatic rings. The van der Waals surface area contributed by atoms with Crippen molar-refractivity contribution in [1.82, 2.24) is 9.55 Å². The number of hydrogen-bond donors (Lipinski definition) is 0. The SMILES string of the molecule is Cn1c(-c2ccccc2)nc(Sc2ccc(Cl)cc2)c1-c1ccc(C#N)cc1. The molecule has 0 fully saturated rings. The molecule has 4 aromatic rings. The first-order valence-corrected chi connectivity index (χ1v) is 9.91. The van der Waals surface area contributed by atoms with Crippen molar-refractivity contribution in [2.24, 2.45) is 7.05 Å². The van der Waals surface area contributed by atoms with E-state index >= 15 is 0 Å². The van der Waals surface area contributed by atoms with Crippen LogP contribution in [-0.4, -0.2) is 9.55 Å². The third-order valence-electron chi connectivity index (χ3n) is 4.41. The number of halogens is 1. The zero-order valence-electron chi connectivity index (χ0n) is 15.1. The van der Waals surface area contributed by atoms with Crippen LogP contribution in [0, 0.1) is 11.3 Å². The Morgan fingerprint density at radius 1 is 0.893 bits per heavy atom. The van der Waals surface area contributed by atoms with Crippen molar-refractivity contribution in [1.29, 1.82) is 5.26 Å². The number of nitriles is 1. The fourth-order valence-electron chi connectivity index (χ4n) is 3.02. The van der Waals surface area contributed by atoms with Crippen LogP contribution < -0.4 is 0 Å². The van der Waals surface area contributed by atoms with E-state index in [1.807, 2.05) is 73.8 Å². The van der Waals surface area contributed by atoms with Gasteiger partial charge in [0.1, 0.15) is 10.9 Å². The van der Waals surface area contributed by atoms with Gasteiger partial charge in [-0.25, -0.2) is 4.98 Å². The lowest BCUT2D eigenvalue weighted by Crippen LogP contribution is -1.95. The number of imidazole rings is 1. The third kappa shape index (κ3) is 3.68. The van der Waals surface area contributed by atoms with E-state index in [0.717, 1.165) is 32.6 Å². The van der Waals surface area contributed by atoms with Crippen LogP contribution in [0.2, 0.25) is 5.02 Å². The van der Waals surface area contributed by atoms with Crippen molar-refractivity contribution >= 4 is 23.4 Å². The van der Waals surface area contributed by atoms with E-state index < -0.39 is 0 Å². The summed E-state index contributed by atoms with van der Waals surface area (Å²) in [5.41, 5.74) is 3.74. The van der Waals surface area contributed by atoms with Crippen LogP contribution in [0.1, 0.15) is 5.56 Å². The maximum atomic E-state index is 9.10. The maximum Gasteiger partial charge on any atom is 0.141 e. The molecule has 0 saturated heterocycles. The predicted octanol–water partition coefficient (Wildman–Crippen LogP) is 6.43. The number of nitrogens with zero attached hydrogens (tertiary/aromatic N) is 3. The largest absolute Gasteiger partial charge is 0.326 e. The van der Waals surface area contributed by atoms with E-state index in [4.69, 9.17) is 21.8 Å². The van der Waals surface area contributed by atoms with E-state index in [9.17, 15) is 0 Å². The highest BCUT2D eigenvalue weighted by Gasteiger charge is 2.18. The van der Waals surface area contributed by atoms with Crippen LogP contribution in [0.5, 0.6) is 0 Å². The van der Waals surface area contributed by atoms with Crippen molar-refractivity contribution in [3.63, 3.8) is 0 Å². The van der Waals surface area contributed by atoms with E-state index in [0.29, 0.717) is 10.6 Å². The molecule has 1 aromatic heterocycles. The van der Waals surface area contributed by atoms with Gasteiger partial charge in [-0.2, -0.15) is 5.26 Å². The molecule has 0 unspecified atom stereocenters. The van der Waals surface area contributed by atoms with E-state index in [1.165, 1.54) is 0 Å². The van der Waals surface area contributed by atoms with E-state index in [-0.39, 0.29) is 0 Å². The van der Waals surface area contributed by atoms with Gasteiger partial charge in [0, 0.05) is 28.1 Å². The normalized spacial score (nSPS) is 10.6. The van der Waals surface area contributed by atoms with Crippen molar-refractivity contribution in [2.75, 3.05) is 0 Å². The molecule has 28 heavy (non-hydrogen) atoms. The highest BCUT2D eigenvalue weighted by atomic mass is 35.5. The van der Waals surface area contributed by atoms with Gasteiger partial charge in [-0.15, -0.1) is 0 Å². The summed E-state index contributed by atoms with van der Waals surface area (Å²) in [7, 11) is 2.02. The van der Waals surface area contributed by atoms with Crippen LogP contribution in [0.25, 0.3) is 22.6 Å². The summed E-state index contributed by atoms with van der Waals surface area (Å²) in [4.78, 5) is 6.01. The average Bonchev–Trinajstić information content (AvgIpc) is 3.06. The van der Waals surface area contributed by atoms with Gasteiger partial charge in [-0.3, -0.25) is 0 Å². The summed E-state index contributed by atoms with van der Waals surface area (Å²) < 4.78 is 2.11. The second-order valence-corrected chi connectivity index (χ2v) is 7.76. The van der Waals surface area contributed by atoms with Gasteiger partial charge in [0.15, 0.2) is 0 Å². The Morgan fingerprint density at radius 2 is 1.57 bits per heavy atom. The zero-order chi connectivity index (χ0) is 19.5. The Kier molecular flexibility index (Phi) is 5.21. The van der Waals surface area contributed by atoms with Gasteiger partial charge in [0.2, 0.25) is 0 Å². The van der Waals surface area contributed by atoms with Gasteiger partial charge in [0.25, 0.3) is 0 Å². The molecule has 3 nitrogen and oxygen atoms in total. The summed E-state index contributed by atoms with van der Waals surface area (Å²) >= 11 is 7.63. The summed E-state index contributed by atoms with van der Waals surface area (Å²) in [5.74, 6) is 0.899. The van der Waals surface area contributed by atoms with Gasteiger partial charge < -0.3 is 4.57 Å². The molecule has 0 N–H and O–H groups in total. The quantitative estimate of drug-likeness (QED) is 0.395. The minimum Gasteiger partial charge on any atom is -0.326 e. The van der Waals surface area contributed by atoms with Gasteiger partial charge in [-0.1, -0.05) is 65.8 Å². The van der Waals surface area contributed by atoms with Crippen molar-refractivity contribution in [2.45, 2.75) is 9.92 Å². The number of aromatic nitrogens is 2. The molecule has 0 atom stereocenters. The monoisotopic (exact) mass is 401 g/mol. The molecule has 0 aliphatic heterocycles. The first-order valence-electron chi connectivity index (χ1n) is 8.72. The summed E-state index contributed by atoms with van der Waals surface area (Å²) in [6, 6.07) is 27.7. The second-order valence-electron chi connectivity index (χ2n) is 6.26. The van der Waals surface area contributed by atoms with E-state index in [1.54, 1.807) is 11.8 Å². The molecule has 0 amide bonds. The first-order chi connectivity index (χ1) is 13.7. The predicted molar refractivity (Wildman–Crippen MR) is 114 cm³/mol. The Balaban J connectivity index is 1.84. The first kappa shape index (κ1) is 18.4. The molecular formula is C23H16ClN3S. The van der Waals surface area contributed by atoms with Gasteiger partial charge >= 0.3 is 0 Å². The maximum absolute atomic E-state index is 9.10. The number of rotatable bonds is 4. The highest BCUT2D eigenvalue weighted by molar-refractivity contribution is 7.99. The lowest BCUT2D eigenvalue weighted by atomic mass is 10.1. The average molecular weight is 402 g/mol. The fourth-order valence-corrected chi connectivity index (χ4v) is 4.13. The highest BCUT2D eigenvalue weighted by Crippen LogP contribution is 2.38. The van der Waals surface area contributed by atoms with Crippen LogP contribution in [0.15, 0.2) is 88.8 Å². The van der Waals surface area contributed by atoms with Crippen molar-refractivity contribution < 1.29 is 0 Å². The summed E-state index contributed by atoms with van der Waals surface area (Å²) in [6.45, 7) is 0. The molecule has 136 valence electrons. The smallest absolute Gasteiger partial charge is 0.141 e.